The Balaban J connectivity index is 2.37. The fourth-order valence-electron chi connectivity index (χ4n) is 1.17. The Hall–Kier alpha value is -1.36. The van der Waals surface area contributed by atoms with Crippen LogP contribution in [-0.2, 0) is 11.3 Å². The number of imidazole rings is 1. The molecule has 0 aromatic carbocycles. The lowest BCUT2D eigenvalue weighted by Gasteiger charge is -2.22. The number of nitrogens with one attached hydrogen (secondary N) is 2. The Kier molecular flexibility index (Phi) is 4.06. The van der Waals surface area contributed by atoms with Gasteiger partial charge in [-0.05, 0) is 20.8 Å². The van der Waals surface area contributed by atoms with Crippen LogP contribution in [0.4, 0.5) is 0 Å². The van der Waals surface area contributed by atoms with Gasteiger partial charge in [-0.15, -0.1) is 0 Å². The fourth-order valence-corrected chi connectivity index (χ4v) is 1.17. The van der Waals surface area contributed by atoms with Crippen molar-refractivity contribution in [2.24, 2.45) is 0 Å². The van der Waals surface area contributed by atoms with E-state index < -0.39 is 0 Å². The molecule has 5 nitrogen and oxygen atoms in total. The summed E-state index contributed by atoms with van der Waals surface area (Å²) in [6.07, 6.45) is 3.43. The summed E-state index contributed by atoms with van der Waals surface area (Å²) >= 11 is 0. The molecule has 2 N–H and O–H groups in total. The van der Waals surface area contributed by atoms with Crippen LogP contribution in [0.5, 0.6) is 0 Å². The standard InChI is InChI=1S/C11H20N4O/c1-11(2,3)14-7-10(16)15(4)8-9-12-5-6-13-9/h5-6,14H,7-8H2,1-4H3,(H,12,13). The van der Waals surface area contributed by atoms with Crippen molar-refractivity contribution in [2.45, 2.75) is 32.9 Å². The Morgan fingerprint density at radius 1 is 1.56 bits per heavy atom. The zero-order chi connectivity index (χ0) is 12.2. The molecule has 90 valence electrons. The number of amides is 1. The third-order valence-electron chi connectivity index (χ3n) is 2.14. The van der Waals surface area contributed by atoms with Crippen LogP contribution >= 0.6 is 0 Å². The minimum atomic E-state index is -0.0405. The number of nitrogens with zero attached hydrogens (tertiary/aromatic N) is 2. The quantitative estimate of drug-likeness (QED) is 0.793. The van der Waals surface area contributed by atoms with Crippen molar-refractivity contribution in [3.8, 4) is 0 Å². The molecule has 1 heterocycles. The van der Waals surface area contributed by atoms with Crippen molar-refractivity contribution in [2.75, 3.05) is 13.6 Å². The number of rotatable bonds is 4. The highest BCUT2D eigenvalue weighted by Gasteiger charge is 2.14. The van der Waals surface area contributed by atoms with Crippen LogP contribution in [0.1, 0.15) is 26.6 Å². The molecule has 0 fully saturated rings. The zero-order valence-electron chi connectivity index (χ0n) is 10.4. The summed E-state index contributed by atoms with van der Waals surface area (Å²) in [5.74, 6) is 0.859. The van der Waals surface area contributed by atoms with E-state index in [4.69, 9.17) is 0 Å². The lowest BCUT2D eigenvalue weighted by atomic mass is 10.1. The van der Waals surface area contributed by atoms with Gasteiger partial charge in [-0.1, -0.05) is 0 Å². The maximum absolute atomic E-state index is 11.7. The molecule has 0 aliphatic carbocycles. The van der Waals surface area contributed by atoms with Crippen molar-refractivity contribution in [3.05, 3.63) is 18.2 Å². The van der Waals surface area contributed by atoms with Gasteiger partial charge >= 0.3 is 0 Å². The van der Waals surface area contributed by atoms with Gasteiger partial charge in [-0.2, -0.15) is 0 Å². The number of carbonyl (C=O) groups is 1. The summed E-state index contributed by atoms with van der Waals surface area (Å²) in [6.45, 7) is 6.96. The van der Waals surface area contributed by atoms with Crippen molar-refractivity contribution in [1.82, 2.24) is 20.2 Å². The van der Waals surface area contributed by atoms with Crippen LogP contribution in [0.25, 0.3) is 0 Å². The van der Waals surface area contributed by atoms with E-state index in [0.29, 0.717) is 13.1 Å². The van der Waals surface area contributed by atoms with Crippen LogP contribution in [0.3, 0.4) is 0 Å². The molecule has 0 aliphatic rings. The largest absolute Gasteiger partial charge is 0.347 e. The first kappa shape index (κ1) is 12.7. The lowest BCUT2D eigenvalue weighted by molar-refractivity contribution is -0.129. The molecule has 0 spiro atoms. The number of hydrogen-bond donors (Lipinski definition) is 2. The van der Waals surface area contributed by atoms with E-state index in [1.807, 2.05) is 20.8 Å². The van der Waals surface area contributed by atoms with E-state index in [-0.39, 0.29) is 11.4 Å². The van der Waals surface area contributed by atoms with E-state index in [9.17, 15) is 4.79 Å². The molecule has 1 rings (SSSR count). The Morgan fingerprint density at radius 2 is 2.25 bits per heavy atom. The summed E-state index contributed by atoms with van der Waals surface area (Å²) < 4.78 is 0. The summed E-state index contributed by atoms with van der Waals surface area (Å²) in [4.78, 5) is 20.4. The molecule has 1 aromatic heterocycles. The van der Waals surface area contributed by atoms with Crippen LogP contribution in [-0.4, -0.2) is 39.9 Å². The molecule has 0 aliphatic heterocycles. The van der Waals surface area contributed by atoms with Crippen LogP contribution in [0.15, 0.2) is 12.4 Å². The van der Waals surface area contributed by atoms with Crippen molar-refractivity contribution in [1.29, 1.82) is 0 Å². The fraction of sp³-hybridized carbons (Fsp3) is 0.636. The maximum atomic E-state index is 11.7. The molecule has 5 heteroatoms. The van der Waals surface area contributed by atoms with Crippen LogP contribution < -0.4 is 5.32 Å². The van der Waals surface area contributed by atoms with Gasteiger partial charge in [0.2, 0.25) is 5.91 Å². The number of carbonyl (C=O) groups excluding carboxylic acids is 1. The predicted octanol–water partition coefficient (Wildman–Crippen LogP) is 0.756. The Labute approximate surface area is 96.3 Å². The first-order valence-corrected chi connectivity index (χ1v) is 5.36. The number of hydrogen-bond acceptors (Lipinski definition) is 3. The summed E-state index contributed by atoms with van der Waals surface area (Å²) in [6, 6.07) is 0. The normalized spacial score (nSPS) is 11.5. The minimum Gasteiger partial charge on any atom is -0.347 e. The number of aromatic amines is 1. The maximum Gasteiger partial charge on any atom is 0.236 e. The third kappa shape index (κ3) is 4.44. The topological polar surface area (TPSA) is 61.0 Å². The highest BCUT2D eigenvalue weighted by Crippen LogP contribution is 1.99. The highest BCUT2D eigenvalue weighted by atomic mass is 16.2. The molecule has 0 atom stereocenters. The van der Waals surface area contributed by atoms with Crippen molar-refractivity contribution >= 4 is 5.91 Å². The monoisotopic (exact) mass is 224 g/mol. The highest BCUT2D eigenvalue weighted by molar-refractivity contribution is 5.77. The Morgan fingerprint density at radius 3 is 2.75 bits per heavy atom. The third-order valence-corrected chi connectivity index (χ3v) is 2.14. The average molecular weight is 224 g/mol. The first-order valence-electron chi connectivity index (χ1n) is 5.36. The van der Waals surface area contributed by atoms with Gasteiger partial charge in [0.25, 0.3) is 0 Å². The van der Waals surface area contributed by atoms with E-state index in [2.05, 4.69) is 15.3 Å². The van der Waals surface area contributed by atoms with Gasteiger partial charge in [0.1, 0.15) is 5.82 Å². The minimum absolute atomic E-state index is 0.0405. The number of aromatic nitrogens is 2. The van der Waals surface area contributed by atoms with Gasteiger partial charge in [-0.25, -0.2) is 4.98 Å². The Bertz CT molecular complexity index is 326. The molecular weight excluding hydrogens is 204 g/mol. The van der Waals surface area contributed by atoms with Crippen LogP contribution in [0.2, 0.25) is 0 Å². The smallest absolute Gasteiger partial charge is 0.236 e. The summed E-state index contributed by atoms with van der Waals surface area (Å²) in [5.41, 5.74) is -0.0405. The van der Waals surface area contributed by atoms with Gasteiger partial charge < -0.3 is 15.2 Å². The molecule has 0 bridgehead atoms. The van der Waals surface area contributed by atoms with Gasteiger partial charge in [0.05, 0.1) is 13.1 Å². The van der Waals surface area contributed by atoms with Gasteiger partial charge in [-0.3, -0.25) is 4.79 Å². The predicted molar refractivity (Wildman–Crippen MR) is 62.8 cm³/mol. The molecule has 0 radical (unpaired) electrons. The molecule has 1 amide bonds. The van der Waals surface area contributed by atoms with Crippen molar-refractivity contribution in [3.63, 3.8) is 0 Å². The molecule has 0 unspecified atom stereocenters. The second-order valence-electron chi connectivity index (χ2n) is 4.89. The van der Waals surface area contributed by atoms with Crippen LogP contribution in [0, 0.1) is 0 Å². The molecule has 0 saturated heterocycles. The summed E-state index contributed by atoms with van der Waals surface area (Å²) in [5, 5.41) is 3.16. The molecule has 0 saturated carbocycles. The van der Waals surface area contributed by atoms with E-state index in [0.717, 1.165) is 5.82 Å². The second kappa shape index (κ2) is 5.12. The van der Waals surface area contributed by atoms with E-state index >= 15 is 0 Å². The van der Waals surface area contributed by atoms with E-state index in [1.165, 1.54) is 0 Å². The van der Waals surface area contributed by atoms with E-state index in [1.54, 1.807) is 24.3 Å². The number of H-pyrrole nitrogens is 1. The van der Waals surface area contributed by atoms with Gasteiger partial charge in [0, 0.05) is 25.0 Å². The average Bonchev–Trinajstić information content (AvgIpc) is 2.65. The number of likely N-dealkylation sites (N-methyl/N-ethyl adjacent to an activating group) is 1. The zero-order valence-corrected chi connectivity index (χ0v) is 10.4. The summed E-state index contributed by atoms with van der Waals surface area (Å²) in [7, 11) is 1.77. The van der Waals surface area contributed by atoms with Crippen molar-refractivity contribution < 1.29 is 4.79 Å². The second-order valence-corrected chi connectivity index (χ2v) is 4.89. The lowest BCUT2D eigenvalue weighted by Crippen LogP contribution is -2.43. The SMILES string of the molecule is CN(Cc1ncc[nH]1)C(=O)CNC(C)(C)C. The first-order chi connectivity index (χ1) is 7.38. The molecule has 1 aromatic rings. The van der Waals surface area contributed by atoms with Gasteiger partial charge in [0.15, 0.2) is 0 Å². The molecule has 16 heavy (non-hydrogen) atoms. The molecular formula is C11H20N4O.